The molecule has 0 spiro atoms. The molecule has 2 aromatic carbocycles. The number of piperazine rings is 1. The third-order valence-electron chi connectivity index (χ3n) is 5.46. The Morgan fingerprint density at radius 3 is 2.38 bits per heavy atom. The van der Waals surface area contributed by atoms with Gasteiger partial charge in [-0.3, -0.25) is 14.5 Å². The van der Waals surface area contributed by atoms with Gasteiger partial charge in [-0.25, -0.2) is 0 Å². The summed E-state index contributed by atoms with van der Waals surface area (Å²) in [6.07, 6.45) is 0.431. The predicted octanol–water partition coefficient (Wildman–Crippen LogP) is 3.18. The fraction of sp³-hybridized carbons (Fsp3) is 0.391. The lowest BCUT2D eigenvalue weighted by Crippen LogP contribution is -2.49. The van der Waals surface area contributed by atoms with Gasteiger partial charge in [0.25, 0.3) is 0 Å². The van der Waals surface area contributed by atoms with Crippen LogP contribution < -0.4 is 9.47 Å². The first kappa shape index (κ1) is 20.9. The molecular formula is C23H28N2O4. The quantitative estimate of drug-likeness (QED) is 0.673. The monoisotopic (exact) mass is 396 g/mol. The van der Waals surface area contributed by atoms with Crippen LogP contribution in [0, 0.1) is 0 Å². The normalized spacial score (nSPS) is 17.1. The van der Waals surface area contributed by atoms with E-state index in [0.717, 1.165) is 17.9 Å². The number of nitrogens with zero attached hydrogens (tertiary/aromatic N) is 2. The molecule has 1 aliphatic heterocycles. The number of carbonyl (C=O) groups excluding carboxylic acids is 2. The number of hydrogen-bond acceptors (Lipinski definition) is 5. The van der Waals surface area contributed by atoms with Gasteiger partial charge in [0.05, 0.1) is 20.3 Å². The van der Waals surface area contributed by atoms with Crippen LogP contribution in [0.25, 0.3) is 0 Å². The van der Waals surface area contributed by atoms with Crippen molar-refractivity contribution < 1.29 is 19.1 Å². The van der Waals surface area contributed by atoms with E-state index in [4.69, 9.17) is 9.47 Å². The van der Waals surface area contributed by atoms with Crippen molar-refractivity contribution in [3.05, 3.63) is 59.7 Å². The number of hydrogen-bond donors (Lipinski definition) is 0. The second-order valence-electron chi connectivity index (χ2n) is 7.26. The molecule has 0 aliphatic carbocycles. The molecule has 1 amide bonds. The van der Waals surface area contributed by atoms with Crippen LogP contribution >= 0.6 is 0 Å². The molecule has 0 bridgehead atoms. The van der Waals surface area contributed by atoms with Gasteiger partial charge in [-0.2, -0.15) is 0 Å². The number of ketones is 1. The van der Waals surface area contributed by atoms with Crippen molar-refractivity contribution in [3.63, 3.8) is 0 Å². The highest BCUT2D eigenvalue weighted by Crippen LogP contribution is 2.27. The van der Waals surface area contributed by atoms with Crippen LogP contribution in [0.4, 0.5) is 0 Å². The molecule has 2 aromatic rings. The highest BCUT2D eigenvalue weighted by molar-refractivity contribution is 5.98. The zero-order valence-corrected chi connectivity index (χ0v) is 17.3. The topological polar surface area (TPSA) is 59.1 Å². The Hall–Kier alpha value is -2.86. The van der Waals surface area contributed by atoms with Crippen molar-refractivity contribution in [2.24, 2.45) is 0 Å². The third kappa shape index (κ3) is 5.15. The molecule has 1 aliphatic rings. The van der Waals surface area contributed by atoms with Gasteiger partial charge in [-0.15, -0.1) is 0 Å². The second kappa shape index (κ2) is 9.56. The summed E-state index contributed by atoms with van der Waals surface area (Å²) in [5.74, 6) is 1.51. The van der Waals surface area contributed by atoms with E-state index in [1.165, 1.54) is 0 Å². The molecule has 0 saturated carbocycles. The largest absolute Gasteiger partial charge is 0.497 e. The molecule has 6 heteroatoms. The maximum absolute atomic E-state index is 12.8. The number of amides is 1. The van der Waals surface area contributed by atoms with Gasteiger partial charge in [-0.1, -0.05) is 12.1 Å². The first-order chi connectivity index (χ1) is 14.0. The molecule has 6 nitrogen and oxygen atoms in total. The smallest absolute Gasteiger partial charge is 0.223 e. The Kier molecular flexibility index (Phi) is 6.88. The Labute approximate surface area is 172 Å². The Morgan fingerprint density at radius 1 is 0.966 bits per heavy atom. The highest BCUT2D eigenvalue weighted by Gasteiger charge is 2.28. The van der Waals surface area contributed by atoms with Crippen molar-refractivity contribution in [2.75, 3.05) is 40.9 Å². The van der Waals surface area contributed by atoms with Crippen LogP contribution in [0.5, 0.6) is 11.5 Å². The average Bonchev–Trinajstić information content (AvgIpc) is 2.77. The van der Waals surface area contributed by atoms with E-state index >= 15 is 0 Å². The lowest BCUT2D eigenvalue weighted by molar-refractivity contribution is -0.134. The zero-order valence-electron chi connectivity index (χ0n) is 17.3. The molecule has 3 rings (SSSR count). The third-order valence-corrected chi connectivity index (χ3v) is 5.46. The summed E-state index contributed by atoms with van der Waals surface area (Å²) >= 11 is 0. The minimum atomic E-state index is -0.0283. The molecule has 1 atom stereocenters. The standard InChI is InChI=1S/C23H28N2O4/c1-24-13-14-25(16-21(24)18-5-4-6-20(15-18)29-3)23(27)12-11-22(26)17-7-9-19(28-2)10-8-17/h4-10,15,21H,11-14,16H2,1-3H3. The average molecular weight is 396 g/mol. The Morgan fingerprint density at radius 2 is 1.69 bits per heavy atom. The molecular weight excluding hydrogens is 368 g/mol. The summed E-state index contributed by atoms with van der Waals surface area (Å²) in [6, 6.07) is 15.1. The second-order valence-corrected chi connectivity index (χ2v) is 7.26. The van der Waals surface area contributed by atoms with Crippen LogP contribution in [0.2, 0.25) is 0 Å². The van der Waals surface area contributed by atoms with Gasteiger partial charge in [0.2, 0.25) is 5.91 Å². The van der Waals surface area contributed by atoms with Gasteiger partial charge in [0, 0.05) is 38.0 Å². The number of ether oxygens (including phenoxy) is 2. The van der Waals surface area contributed by atoms with Crippen molar-refractivity contribution in [2.45, 2.75) is 18.9 Å². The fourth-order valence-corrected chi connectivity index (χ4v) is 3.61. The number of benzene rings is 2. The van der Waals surface area contributed by atoms with Crippen LogP contribution in [-0.2, 0) is 4.79 Å². The molecule has 154 valence electrons. The van der Waals surface area contributed by atoms with Crippen LogP contribution in [0.3, 0.4) is 0 Å². The molecule has 1 fully saturated rings. The van der Waals surface area contributed by atoms with E-state index < -0.39 is 0 Å². The van der Waals surface area contributed by atoms with Gasteiger partial charge in [0.15, 0.2) is 5.78 Å². The van der Waals surface area contributed by atoms with Crippen LogP contribution in [0.1, 0.15) is 34.8 Å². The van der Waals surface area contributed by atoms with E-state index in [9.17, 15) is 9.59 Å². The molecule has 1 heterocycles. The van der Waals surface area contributed by atoms with E-state index in [2.05, 4.69) is 18.0 Å². The van der Waals surface area contributed by atoms with Gasteiger partial charge < -0.3 is 14.4 Å². The van der Waals surface area contributed by atoms with Crippen molar-refractivity contribution >= 4 is 11.7 Å². The van der Waals surface area contributed by atoms with E-state index in [1.807, 2.05) is 23.1 Å². The zero-order chi connectivity index (χ0) is 20.8. The lowest BCUT2D eigenvalue weighted by atomic mass is 10.0. The van der Waals surface area contributed by atoms with Crippen LogP contribution in [0.15, 0.2) is 48.5 Å². The molecule has 1 saturated heterocycles. The number of rotatable bonds is 7. The van der Waals surface area contributed by atoms with Gasteiger partial charge in [-0.05, 0) is 49.0 Å². The summed E-state index contributed by atoms with van der Waals surface area (Å²) in [5, 5.41) is 0. The van der Waals surface area contributed by atoms with Crippen molar-refractivity contribution in [3.8, 4) is 11.5 Å². The maximum Gasteiger partial charge on any atom is 0.223 e. The molecule has 0 radical (unpaired) electrons. The van der Waals surface area contributed by atoms with Gasteiger partial charge >= 0.3 is 0 Å². The van der Waals surface area contributed by atoms with Crippen molar-refractivity contribution in [1.29, 1.82) is 0 Å². The first-order valence-electron chi connectivity index (χ1n) is 9.81. The van der Waals surface area contributed by atoms with E-state index in [1.54, 1.807) is 38.5 Å². The summed E-state index contributed by atoms with van der Waals surface area (Å²) in [4.78, 5) is 29.3. The Balaban J connectivity index is 1.59. The summed E-state index contributed by atoms with van der Waals surface area (Å²) in [5.41, 5.74) is 1.73. The number of carbonyl (C=O) groups is 2. The first-order valence-corrected chi connectivity index (χ1v) is 9.81. The minimum Gasteiger partial charge on any atom is -0.497 e. The molecule has 0 aromatic heterocycles. The van der Waals surface area contributed by atoms with E-state index in [-0.39, 0.29) is 30.6 Å². The van der Waals surface area contributed by atoms with Crippen molar-refractivity contribution in [1.82, 2.24) is 9.80 Å². The summed E-state index contributed by atoms with van der Waals surface area (Å²) in [6.45, 7) is 2.08. The number of methoxy groups -OCH3 is 2. The Bertz CT molecular complexity index is 850. The minimum absolute atomic E-state index is 0.0212. The molecule has 29 heavy (non-hydrogen) atoms. The molecule has 1 unspecified atom stereocenters. The van der Waals surface area contributed by atoms with Crippen LogP contribution in [-0.4, -0.2) is 62.4 Å². The summed E-state index contributed by atoms with van der Waals surface area (Å²) in [7, 11) is 5.31. The highest BCUT2D eigenvalue weighted by atomic mass is 16.5. The summed E-state index contributed by atoms with van der Waals surface area (Å²) < 4.78 is 10.4. The molecule has 0 N–H and O–H groups in total. The number of likely N-dealkylation sites (N-methyl/N-ethyl adjacent to an activating group) is 1. The van der Waals surface area contributed by atoms with Gasteiger partial charge in [0.1, 0.15) is 11.5 Å². The SMILES string of the molecule is COc1ccc(C(=O)CCC(=O)N2CCN(C)C(c3cccc(OC)c3)C2)cc1. The predicted molar refractivity (Wildman–Crippen MR) is 112 cm³/mol. The lowest BCUT2D eigenvalue weighted by Gasteiger charge is -2.39. The van der Waals surface area contributed by atoms with E-state index in [0.29, 0.717) is 24.4 Å². The fourth-order valence-electron chi connectivity index (χ4n) is 3.61. The number of Topliss-reactive ketones (excluding diaryl/α,β-unsaturated/α-hetero) is 1. The maximum atomic E-state index is 12.8.